The molecule has 0 bridgehead atoms. The summed E-state index contributed by atoms with van der Waals surface area (Å²) in [6, 6.07) is 17.5. The van der Waals surface area contributed by atoms with Gasteiger partial charge >= 0.3 is 0 Å². The van der Waals surface area contributed by atoms with E-state index in [1.165, 1.54) is 11.3 Å². The molecule has 0 saturated carbocycles. The maximum absolute atomic E-state index is 5.78. The molecule has 0 atom stereocenters. The Bertz CT molecular complexity index is 694. The van der Waals surface area contributed by atoms with E-state index in [0.717, 1.165) is 22.2 Å². The van der Waals surface area contributed by atoms with Crippen LogP contribution in [0.3, 0.4) is 0 Å². The molecular weight excluding hydrogens is 268 g/mol. The van der Waals surface area contributed by atoms with Gasteiger partial charge in [0, 0.05) is 17.8 Å². The fourth-order valence-electron chi connectivity index (χ4n) is 1.69. The number of benzene rings is 2. The van der Waals surface area contributed by atoms with Crippen molar-refractivity contribution < 1.29 is 4.74 Å². The predicted octanol–water partition coefficient (Wildman–Crippen LogP) is 4.69. The monoisotopic (exact) mass is 280 g/mol. The molecule has 0 aliphatic rings. The van der Waals surface area contributed by atoms with Crippen molar-refractivity contribution in [1.29, 1.82) is 0 Å². The molecule has 0 N–H and O–H groups in total. The number of nitrogens with zero attached hydrogens (tertiary/aromatic N) is 2. The largest absolute Gasteiger partial charge is 0.457 e. The molecule has 1 heterocycles. The third kappa shape index (κ3) is 3.30. The third-order valence-electron chi connectivity index (χ3n) is 2.58. The lowest BCUT2D eigenvalue weighted by Crippen LogP contribution is -1.86. The number of hydrogen-bond acceptors (Lipinski definition) is 4. The van der Waals surface area contributed by atoms with E-state index in [1.54, 1.807) is 12.4 Å². The van der Waals surface area contributed by atoms with Crippen LogP contribution in [0.15, 0.2) is 71.2 Å². The minimum atomic E-state index is 0.749. The van der Waals surface area contributed by atoms with Gasteiger partial charge in [-0.1, -0.05) is 30.3 Å². The molecule has 4 heteroatoms. The Balaban J connectivity index is 1.76. The summed E-state index contributed by atoms with van der Waals surface area (Å²) in [5, 5.41) is 2.65. The third-order valence-corrected chi connectivity index (χ3v) is 3.26. The van der Waals surface area contributed by atoms with Crippen LogP contribution in [0.25, 0.3) is 0 Å². The van der Waals surface area contributed by atoms with Crippen LogP contribution < -0.4 is 4.74 Å². The molecule has 3 nitrogen and oxygen atoms in total. The Hall–Kier alpha value is -2.46. The van der Waals surface area contributed by atoms with Crippen LogP contribution in [0.1, 0.15) is 5.56 Å². The number of ether oxygens (including phenoxy) is 1. The molecule has 2 aromatic carbocycles. The first-order valence-electron chi connectivity index (χ1n) is 6.17. The fourth-order valence-corrected chi connectivity index (χ4v) is 2.17. The summed E-state index contributed by atoms with van der Waals surface area (Å²) in [7, 11) is 0. The molecule has 3 rings (SSSR count). The standard InChI is InChI=1S/C16H12N2OS/c1-2-6-14(7-3-1)19-15-8-4-5-13(11-15)12-18-16-17-9-10-20-16/h1-12H/b18-12+. The molecule has 98 valence electrons. The Morgan fingerprint density at radius 2 is 1.85 bits per heavy atom. The van der Waals surface area contributed by atoms with Gasteiger partial charge in [0.25, 0.3) is 0 Å². The number of aromatic nitrogens is 1. The van der Waals surface area contributed by atoms with Crippen LogP contribution in [0.5, 0.6) is 11.5 Å². The number of aliphatic imine (C=N–C) groups is 1. The average molecular weight is 280 g/mol. The Labute approximate surface area is 121 Å². The lowest BCUT2D eigenvalue weighted by molar-refractivity contribution is 0.482. The number of rotatable bonds is 4. The van der Waals surface area contributed by atoms with Crippen LogP contribution in [0.2, 0.25) is 0 Å². The zero-order chi connectivity index (χ0) is 13.6. The van der Waals surface area contributed by atoms with Gasteiger partial charge in [-0.05, 0) is 29.8 Å². The lowest BCUT2D eigenvalue weighted by Gasteiger charge is -2.05. The first kappa shape index (κ1) is 12.6. The van der Waals surface area contributed by atoms with Crippen LogP contribution in [-0.2, 0) is 0 Å². The Morgan fingerprint density at radius 3 is 2.65 bits per heavy atom. The first-order chi connectivity index (χ1) is 9.90. The van der Waals surface area contributed by atoms with E-state index in [2.05, 4.69) is 9.98 Å². The smallest absolute Gasteiger partial charge is 0.208 e. The van der Waals surface area contributed by atoms with Crippen molar-refractivity contribution in [3.05, 3.63) is 71.7 Å². The van der Waals surface area contributed by atoms with Crippen molar-refractivity contribution in [2.75, 3.05) is 0 Å². The second-order valence-electron chi connectivity index (χ2n) is 4.06. The molecule has 0 unspecified atom stereocenters. The second-order valence-corrected chi connectivity index (χ2v) is 4.93. The van der Waals surface area contributed by atoms with E-state index >= 15 is 0 Å². The summed E-state index contributed by atoms with van der Waals surface area (Å²) >= 11 is 1.51. The molecule has 0 radical (unpaired) electrons. The van der Waals surface area contributed by atoms with Crippen molar-refractivity contribution >= 4 is 22.7 Å². The highest BCUT2D eigenvalue weighted by molar-refractivity contribution is 7.13. The first-order valence-corrected chi connectivity index (χ1v) is 7.05. The summed E-state index contributed by atoms with van der Waals surface area (Å²) in [6.45, 7) is 0. The fraction of sp³-hybridized carbons (Fsp3) is 0. The van der Waals surface area contributed by atoms with Crippen LogP contribution in [0.4, 0.5) is 5.13 Å². The summed E-state index contributed by atoms with van der Waals surface area (Å²) in [5.74, 6) is 1.61. The molecule has 0 fully saturated rings. The Morgan fingerprint density at radius 1 is 1.00 bits per heavy atom. The number of hydrogen-bond donors (Lipinski definition) is 0. The van der Waals surface area contributed by atoms with Gasteiger partial charge < -0.3 is 4.74 Å². The zero-order valence-corrected chi connectivity index (χ0v) is 11.5. The maximum Gasteiger partial charge on any atom is 0.208 e. The second kappa shape index (κ2) is 6.12. The molecule has 20 heavy (non-hydrogen) atoms. The molecular formula is C16H12N2OS. The lowest BCUT2D eigenvalue weighted by atomic mass is 10.2. The van der Waals surface area contributed by atoms with Gasteiger partial charge in [0.2, 0.25) is 5.13 Å². The highest BCUT2D eigenvalue weighted by Gasteiger charge is 1.97. The van der Waals surface area contributed by atoms with E-state index in [0.29, 0.717) is 0 Å². The van der Waals surface area contributed by atoms with Gasteiger partial charge in [0.05, 0.1) is 0 Å². The van der Waals surface area contributed by atoms with E-state index in [-0.39, 0.29) is 0 Å². The van der Waals surface area contributed by atoms with Crippen molar-refractivity contribution in [2.24, 2.45) is 4.99 Å². The van der Waals surface area contributed by atoms with Gasteiger partial charge in [-0.15, -0.1) is 11.3 Å². The predicted molar refractivity (Wildman–Crippen MR) is 82.3 cm³/mol. The van der Waals surface area contributed by atoms with Gasteiger partial charge in [-0.25, -0.2) is 9.98 Å². The van der Waals surface area contributed by atoms with E-state index < -0.39 is 0 Å². The minimum absolute atomic E-state index is 0.749. The summed E-state index contributed by atoms with van der Waals surface area (Å²) < 4.78 is 5.78. The van der Waals surface area contributed by atoms with Gasteiger partial charge in [-0.3, -0.25) is 0 Å². The van der Waals surface area contributed by atoms with Crippen molar-refractivity contribution in [3.63, 3.8) is 0 Å². The highest BCUT2D eigenvalue weighted by atomic mass is 32.1. The molecule has 0 amide bonds. The summed E-state index contributed by atoms with van der Waals surface area (Å²) in [4.78, 5) is 8.42. The quantitative estimate of drug-likeness (QED) is 0.650. The zero-order valence-electron chi connectivity index (χ0n) is 10.6. The number of thiazole rings is 1. The molecule has 0 spiro atoms. The molecule has 3 aromatic rings. The van der Waals surface area contributed by atoms with Gasteiger partial charge in [0.15, 0.2) is 0 Å². The SMILES string of the molecule is C(=N\c1nccs1)/c1cccc(Oc2ccccc2)c1. The van der Waals surface area contributed by atoms with Crippen LogP contribution >= 0.6 is 11.3 Å². The normalized spacial score (nSPS) is 10.8. The molecule has 0 aliphatic carbocycles. The van der Waals surface area contributed by atoms with E-state index in [1.807, 2.05) is 60.0 Å². The molecule has 1 aromatic heterocycles. The number of para-hydroxylation sites is 1. The summed E-state index contributed by atoms with van der Waals surface area (Å²) in [5.41, 5.74) is 0.980. The van der Waals surface area contributed by atoms with Crippen molar-refractivity contribution in [3.8, 4) is 11.5 Å². The molecule has 0 saturated heterocycles. The topological polar surface area (TPSA) is 34.5 Å². The van der Waals surface area contributed by atoms with Crippen LogP contribution in [-0.4, -0.2) is 11.2 Å². The minimum Gasteiger partial charge on any atom is -0.457 e. The van der Waals surface area contributed by atoms with Crippen molar-refractivity contribution in [1.82, 2.24) is 4.98 Å². The summed E-state index contributed by atoms with van der Waals surface area (Å²) in [6.07, 6.45) is 3.53. The van der Waals surface area contributed by atoms with Gasteiger partial charge in [0.1, 0.15) is 11.5 Å². The average Bonchev–Trinajstić information content (AvgIpc) is 3.00. The maximum atomic E-state index is 5.78. The molecule has 0 aliphatic heterocycles. The van der Waals surface area contributed by atoms with Gasteiger partial charge in [-0.2, -0.15) is 0 Å². The van der Waals surface area contributed by atoms with E-state index in [9.17, 15) is 0 Å². The van der Waals surface area contributed by atoms with Crippen LogP contribution in [0, 0.1) is 0 Å². The highest BCUT2D eigenvalue weighted by Crippen LogP contribution is 2.21. The Kier molecular flexibility index (Phi) is 3.85. The van der Waals surface area contributed by atoms with E-state index in [4.69, 9.17) is 4.74 Å². The van der Waals surface area contributed by atoms with Crippen molar-refractivity contribution in [2.45, 2.75) is 0 Å².